The summed E-state index contributed by atoms with van der Waals surface area (Å²) < 4.78 is 40.6. The van der Waals surface area contributed by atoms with Gasteiger partial charge < -0.3 is 5.73 Å². The van der Waals surface area contributed by atoms with E-state index < -0.39 is 20.7 Å². The van der Waals surface area contributed by atoms with Crippen LogP contribution in [0.25, 0.3) is 0 Å². The Bertz CT molecular complexity index is 779. The fourth-order valence-corrected chi connectivity index (χ4v) is 3.27. The molecule has 0 heterocycles. The summed E-state index contributed by atoms with van der Waals surface area (Å²) in [5, 5.41) is 0.0603. The van der Waals surface area contributed by atoms with Gasteiger partial charge in [-0.15, -0.1) is 0 Å². The average molecular weight is 329 g/mol. The topological polar surface area (TPSA) is 72.2 Å². The number of benzene rings is 2. The second kappa shape index (κ2) is 6.01. The number of nitrogens with two attached hydrogens (primary N) is 1. The zero-order chi connectivity index (χ0) is 15.6. The minimum atomic E-state index is -4.04. The largest absolute Gasteiger partial charge is 0.396 e. The fourth-order valence-electron chi connectivity index (χ4n) is 1.84. The van der Waals surface area contributed by atoms with Crippen molar-refractivity contribution in [3.8, 4) is 0 Å². The second-order valence-corrected chi connectivity index (χ2v) is 6.73. The molecule has 0 bridgehead atoms. The average Bonchev–Trinajstić information content (AvgIpc) is 2.42. The molecule has 0 atom stereocenters. The first-order valence-electron chi connectivity index (χ1n) is 6.10. The summed E-state index contributed by atoms with van der Waals surface area (Å²) in [4.78, 5) is -0.555. The summed E-state index contributed by atoms with van der Waals surface area (Å²) >= 11 is 5.73. The predicted octanol–water partition coefficient (Wildman–Crippen LogP) is 2.85. The Labute approximate surface area is 127 Å². The fraction of sp³-hybridized carbons (Fsp3) is 0.143. The van der Waals surface area contributed by atoms with Gasteiger partial charge in [0.15, 0.2) is 5.82 Å². The molecule has 0 radical (unpaired) electrons. The highest BCUT2D eigenvalue weighted by Crippen LogP contribution is 2.25. The van der Waals surface area contributed by atoms with Crippen LogP contribution in [0.15, 0.2) is 41.3 Å². The van der Waals surface area contributed by atoms with Crippen molar-refractivity contribution in [1.82, 2.24) is 4.72 Å². The third kappa shape index (κ3) is 3.53. The van der Waals surface area contributed by atoms with Gasteiger partial charge in [-0.25, -0.2) is 17.5 Å². The van der Waals surface area contributed by atoms with Crippen molar-refractivity contribution in [1.29, 1.82) is 0 Å². The molecular formula is C14H14ClFN2O2S. The monoisotopic (exact) mass is 328 g/mol. The quantitative estimate of drug-likeness (QED) is 0.848. The first-order valence-corrected chi connectivity index (χ1v) is 7.96. The van der Waals surface area contributed by atoms with E-state index in [0.29, 0.717) is 0 Å². The molecule has 0 spiro atoms. The zero-order valence-electron chi connectivity index (χ0n) is 11.2. The van der Waals surface area contributed by atoms with Crippen molar-refractivity contribution < 1.29 is 12.8 Å². The van der Waals surface area contributed by atoms with E-state index in [1.54, 1.807) is 12.1 Å². The lowest BCUT2D eigenvalue weighted by Gasteiger charge is -2.11. The number of halogens is 2. The molecular weight excluding hydrogens is 315 g/mol. The van der Waals surface area contributed by atoms with Crippen LogP contribution in [0.3, 0.4) is 0 Å². The Kier molecular flexibility index (Phi) is 4.51. The van der Waals surface area contributed by atoms with Gasteiger partial charge in [0, 0.05) is 11.6 Å². The Morgan fingerprint density at radius 1 is 1.29 bits per heavy atom. The molecule has 0 amide bonds. The molecule has 2 aromatic carbocycles. The molecule has 4 nitrogen and oxygen atoms in total. The van der Waals surface area contributed by atoms with E-state index in [2.05, 4.69) is 4.72 Å². The SMILES string of the molecule is Cc1ccccc1CNS(=O)(=O)c1cc(Cl)cc(N)c1F. The van der Waals surface area contributed by atoms with Crippen molar-refractivity contribution in [2.75, 3.05) is 5.73 Å². The summed E-state index contributed by atoms with van der Waals surface area (Å²) in [6.07, 6.45) is 0. The normalized spacial score (nSPS) is 11.6. The van der Waals surface area contributed by atoms with Gasteiger partial charge in [0.05, 0.1) is 5.69 Å². The van der Waals surface area contributed by atoms with Gasteiger partial charge in [0.25, 0.3) is 0 Å². The molecule has 0 aromatic heterocycles. The van der Waals surface area contributed by atoms with E-state index in [-0.39, 0.29) is 17.3 Å². The maximum Gasteiger partial charge on any atom is 0.243 e. The third-order valence-electron chi connectivity index (χ3n) is 3.04. The summed E-state index contributed by atoms with van der Waals surface area (Å²) in [6.45, 7) is 1.92. The summed E-state index contributed by atoms with van der Waals surface area (Å²) in [7, 11) is -4.04. The maximum atomic E-state index is 13.9. The highest BCUT2D eigenvalue weighted by atomic mass is 35.5. The van der Waals surface area contributed by atoms with Gasteiger partial charge >= 0.3 is 0 Å². The number of hydrogen-bond donors (Lipinski definition) is 2. The highest BCUT2D eigenvalue weighted by Gasteiger charge is 2.21. The van der Waals surface area contributed by atoms with E-state index in [4.69, 9.17) is 17.3 Å². The van der Waals surface area contributed by atoms with Gasteiger partial charge in [-0.05, 0) is 30.2 Å². The van der Waals surface area contributed by atoms with Crippen LogP contribution >= 0.6 is 11.6 Å². The Morgan fingerprint density at radius 2 is 1.95 bits per heavy atom. The van der Waals surface area contributed by atoms with Crippen LogP contribution in [0.4, 0.5) is 10.1 Å². The first kappa shape index (κ1) is 15.8. The molecule has 0 fully saturated rings. The lowest BCUT2D eigenvalue weighted by atomic mass is 10.1. The summed E-state index contributed by atoms with van der Waals surface area (Å²) in [5.41, 5.74) is 6.83. The highest BCUT2D eigenvalue weighted by molar-refractivity contribution is 7.89. The number of sulfonamides is 1. The van der Waals surface area contributed by atoms with Gasteiger partial charge in [-0.2, -0.15) is 0 Å². The first-order chi connectivity index (χ1) is 9.81. The molecule has 3 N–H and O–H groups in total. The Balaban J connectivity index is 2.30. The molecule has 0 aliphatic carbocycles. The van der Waals surface area contributed by atoms with Crippen molar-refractivity contribution >= 4 is 27.3 Å². The molecule has 7 heteroatoms. The third-order valence-corrected chi connectivity index (χ3v) is 4.65. The number of nitrogen functional groups attached to an aromatic ring is 1. The van der Waals surface area contributed by atoms with Gasteiger partial charge in [0.1, 0.15) is 4.90 Å². The zero-order valence-corrected chi connectivity index (χ0v) is 12.8. The molecule has 112 valence electrons. The van der Waals surface area contributed by atoms with E-state index in [0.717, 1.165) is 23.3 Å². The van der Waals surface area contributed by atoms with E-state index >= 15 is 0 Å². The number of nitrogens with one attached hydrogen (secondary N) is 1. The van der Waals surface area contributed by atoms with Crippen LogP contribution in [0, 0.1) is 12.7 Å². The van der Waals surface area contributed by atoms with E-state index in [9.17, 15) is 12.8 Å². The Morgan fingerprint density at radius 3 is 2.62 bits per heavy atom. The molecule has 21 heavy (non-hydrogen) atoms. The molecule has 0 saturated heterocycles. The summed E-state index contributed by atoms with van der Waals surface area (Å²) in [6, 6.07) is 9.51. The van der Waals surface area contributed by atoms with Crippen LogP contribution in [0.5, 0.6) is 0 Å². The number of anilines is 1. The molecule has 0 aliphatic heterocycles. The lowest BCUT2D eigenvalue weighted by Crippen LogP contribution is -2.25. The van der Waals surface area contributed by atoms with Crippen LogP contribution in [0.1, 0.15) is 11.1 Å². The predicted molar refractivity (Wildman–Crippen MR) is 81.0 cm³/mol. The van der Waals surface area contributed by atoms with Gasteiger partial charge in [0.2, 0.25) is 10.0 Å². The van der Waals surface area contributed by atoms with Crippen LogP contribution in [-0.4, -0.2) is 8.42 Å². The van der Waals surface area contributed by atoms with E-state index in [1.165, 1.54) is 0 Å². The van der Waals surface area contributed by atoms with Crippen molar-refractivity contribution in [3.63, 3.8) is 0 Å². The number of aryl methyl sites for hydroxylation is 1. The lowest BCUT2D eigenvalue weighted by molar-refractivity contribution is 0.558. The van der Waals surface area contributed by atoms with Crippen molar-refractivity contribution in [2.45, 2.75) is 18.4 Å². The molecule has 0 saturated carbocycles. The minimum absolute atomic E-state index is 0.0564. The smallest absolute Gasteiger partial charge is 0.243 e. The Hall–Kier alpha value is -1.63. The van der Waals surface area contributed by atoms with Gasteiger partial charge in [-0.1, -0.05) is 35.9 Å². The van der Waals surface area contributed by atoms with Gasteiger partial charge in [-0.3, -0.25) is 0 Å². The minimum Gasteiger partial charge on any atom is -0.396 e. The summed E-state index contributed by atoms with van der Waals surface area (Å²) in [5.74, 6) is -1.00. The van der Waals surface area contributed by atoms with Crippen LogP contribution in [0.2, 0.25) is 5.02 Å². The van der Waals surface area contributed by atoms with Crippen LogP contribution < -0.4 is 10.5 Å². The molecule has 0 aliphatic rings. The van der Waals surface area contributed by atoms with Crippen molar-refractivity contribution in [3.05, 3.63) is 58.4 Å². The standard InChI is InChI=1S/C14H14ClFN2O2S/c1-9-4-2-3-5-10(9)8-18-21(19,20)13-7-11(15)6-12(17)14(13)16/h2-7,18H,8,17H2,1H3. The van der Waals surface area contributed by atoms with Crippen LogP contribution in [-0.2, 0) is 16.6 Å². The molecule has 2 aromatic rings. The number of rotatable bonds is 4. The molecule has 0 unspecified atom stereocenters. The second-order valence-electron chi connectivity index (χ2n) is 4.56. The number of hydrogen-bond acceptors (Lipinski definition) is 3. The van der Waals surface area contributed by atoms with Crippen molar-refractivity contribution in [2.24, 2.45) is 0 Å². The van der Waals surface area contributed by atoms with E-state index in [1.807, 2.05) is 19.1 Å². The maximum absolute atomic E-state index is 13.9. The molecule has 2 rings (SSSR count).